The molecule has 0 aromatic carbocycles. The fourth-order valence-electron chi connectivity index (χ4n) is 2.07. The summed E-state index contributed by atoms with van der Waals surface area (Å²) < 4.78 is 26.4. The van der Waals surface area contributed by atoms with Crippen LogP contribution in [0.25, 0.3) is 0 Å². The molecule has 0 amide bonds. The molecule has 0 saturated heterocycles. The van der Waals surface area contributed by atoms with Crippen LogP contribution < -0.4 is 0 Å². The molecule has 0 aliphatic rings. The molecular formula is C14H26N2O2S2. The van der Waals surface area contributed by atoms with E-state index in [4.69, 9.17) is 0 Å². The molecule has 6 heteroatoms. The Hall–Kier alpha value is -0.430. The first-order valence-corrected chi connectivity index (χ1v) is 9.74. The highest BCUT2D eigenvalue weighted by Crippen LogP contribution is 2.15. The molecule has 1 rings (SSSR count). The Morgan fingerprint density at radius 3 is 2.35 bits per heavy atom. The van der Waals surface area contributed by atoms with Gasteiger partial charge < -0.3 is 4.90 Å². The van der Waals surface area contributed by atoms with Crippen LogP contribution >= 0.6 is 11.3 Å². The third-order valence-electron chi connectivity index (χ3n) is 3.33. The number of thiophene rings is 1. The standard InChI is InChI=1S/C14H26N2O2S2/c1-4-12-20(17,18)16(10-9-15(5-2)6-3)13-14-8-7-11-19-14/h7-8,11H,4-6,9-10,12-13H2,1-3H3. The summed E-state index contributed by atoms with van der Waals surface area (Å²) in [7, 11) is -3.15. The van der Waals surface area contributed by atoms with E-state index < -0.39 is 10.0 Å². The van der Waals surface area contributed by atoms with Gasteiger partial charge in [0, 0.05) is 24.5 Å². The minimum absolute atomic E-state index is 0.233. The predicted octanol–water partition coefficient (Wildman–Crippen LogP) is 2.63. The van der Waals surface area contributed by atoms with Crippen LogP contribution in [-0.4, -0.2) is 49.6 Å². The maximum Gasteiger partial charge on any atom is 0.214 e. The lowest BCUT2D eigenvalue weighted by Gasteiger charge is -2.25. The molecule has 0 aliphatic heterocycles. The largest absolute Gasteiger partial charge is 0.303 e. The van der Waals surface area contributed by atoms with E-state index in [-0.39, 0.29) is 5.75 Å². The molecule has 0 saturated carbocycles. The van der Waals surface area contributed by atoms with Crippen molar-refractivity contribution in [1.29, 1.82) is 0 Å². The lowest BCUT2D eigenvalue weighted by molar-refractivity contribution is 0.269. The van der Waals surface area contributed by atoms with E-state index in [1.54, 1.807) is 15.6 Å². The van der Waals surface area contributed by atoms with Crippen molar-refractivity contribution < 1.29 is 8.42 Å². The Morgan fingerprint density at radius 2 is 1.85 bits per heavy atom. The molecule has 0 aliphatic carbocycles. The van der Waals surface area contributed by atoms with E-state index in [0.717, 1.165) is 24.5 Å². The van der Waals surface area contributed by atoms with Gasteiger partial charge in [-0.25, -0.2) is 8.42 Å². The van der Waals surface area contributed by atoms with Crippen molar-refractivity contribution in [1.82, 2.24) is 9.21 Å². The van der Waals surface area contributed by atoms with E-state index in [1.807, 2.05) is 24.4 Å². The molecule has 0 fully saturated rings. The van der Waals surface area contributed by atoms with Gasteiger partial charge in [-0.15, -0.1) is 11.3 Å². The third-order valence-corrected chi connectivity index (χ3v) is 6.21. The Balaban J connectivity index is 2.73. The third kappa shape index (κ3) is 5.52. The second-order valence-corrected chi connectivity index (χ2v) is 7.88. The topological polar surface area (TPSA) is 40.6 Å². The molecule has 1 aromatic rings. The molecule has 4 nitrogen and oxygen atoms in total. The second-order valence-electron chi connectivity index (χ2n) is 4.76. The van der Waals surface area contributed by atoms with E-state index in [1.165, 1.54) is 0 Å². The first-order chi connectivity index (χ1) is 9.53. The van der Waals surface area contributed by atoms with E-state index >= 15 is 0 Å². The van der Waals surface area contributed by atoms with Gasteiger partial charge in [0.2, 0.25) is 10.0 Å². The summed E-state index contributed by atoms with van der Waals surface area (Å²) in [5.41, 5.74) is 0. The van der Waals surface area contributed by atoms with Gasteiger partial charge in [0.15, 0.2) is 0 Å². The zero-order valence-corrected chi connectivity index (χ0v) is 14.3. The van der Waals surface area contributed by atoms with Crippen molar-refractivity contribution in [3.8, 4) is 0 Å². The smallest absolute Gasteiger partial charge is 0.214 e. The molecule has 116 valence electrons. The van der Waals surface area contributed by atoms with Gasteiger partial charge in [0.25, 0.3) is 0 Å². The van der Waals surface area contributed by atoms with Crippen LogP contribution in [0.2, 0.25) is 0 Å². The highest BCUT2D eigenvalue weighted by molar-refractivity contribution is 7.89. The normalized spacial score (nSPS) is 12.4. The van der Waals surface area contributed by atoms with Crippen LogP contribution in [-0.2, 0) is 16.6 Å². The first kappa shape index (κ1) is 17.6. The summed E-state index contributed by atoms with van der Waals surface area (Å²) in [4.78, 5) is 3.35. The summed E-state index contributed by atoms with van der Waals surface area (Å²) in [6, 6.07) is 3.96. The number of hydrogen-bond acceptors (Lipinski definition) is 4. The van der Waals surface area contributed by atoms with Crippen LogP contribution in [0.5, 0.6) is 0 Å². The summed E-state index contributed by atoms with van der Waals surface area (Å²) >= 11 is 1.61. The van der Waals surface area contributed by atoms with Crippen LogP contribution in [0.1, 0.15) is 32.1 Å². The van der Waals surface area contributed by atoms with Gasteiger partial charge in [-0.2, -0.15) is 4.31 Å². The monoisotopic (exact) mass is 318 g/mol. The second kappa shape index (κ2) is 8.77. The fourth-order valence-corrected chi connectivity index (χ4v) is 4.34. The average molecular weight is 319 g/mol. The number of likely N-dealkylation sites (N-methyl/N-ethyl adjacent to an activating group) is 1. The SMILES string of the molecule is CCCS(=O)(=O)N(CCN(CC)CC)Cc1cccs1. The van der Waals surface area contributed by atoms with E-state index in [9.17, 15) is 8.42 Å². The van der Waals surface area contributed by atoms with Gasteiger partial charge >= 0.3 is 0 Å². The Labute approximate surface area is 127 Å². The highest BCUT2D eigenvalue weighted by Gasteiger charge is 2.22. The zero-order valence-electron chi connectivity index (χ0n) is 12.7. The lowest BCUT2D eigenvalue weighted by Crippen LogP contribution is -2.39. The summed E-state index contributed by atoms with van der Waals surface area (Å²) in [6.07, 6.45) is 0.661. The molecule has 20 heavy (non-hydrogen) atoms. The van der Waals surface area contributed by atoms with Crippen LogP contribution in [0, 0.1) is 0 Å². The molecule has 0 spiro atoms. The van der Waals surface area contributed by atoms with Crippen molar-refractivity contribution in [3.05, 3.63) is 22.4 Å². The Kier molecular flexibility index (Phi) is 7.72. The Bertz CT molecular complexity index is 454. The van der Waals surface area contributed by atoms with Crippen molar-refractivity contribution in [2.75, 3.05) is 31.9 Å². The first-order valence-electron chi connectivity index (χ1n) is 7.26. The Morgan fingerprint density at radius 1 is 1.15 bits per heavy atom. The average Bonchev–Trinajstić information content (AvgIpc) is 2.91. The molecule has 0 atom stereocenters. The van der Waals surface area contributed by atoms with Crippen molar-refractivity contribution >= 4 is 21.4 Å². The maximum absolute atomic E-state index is 12.4. The summed E-state index contributed by atoms with van der Waals surface area (Å²) in [5, 5.41) is 1.99. The highest BCUT2D eigenvalue weighted by atomic mass is 32.2. The van der Waals surface area contributed by atoms with Crippen LogP contribution in [0.4, 0.5) is 0 Å². The van der Waals surface area contributed by atoms with Crippen LogP contribution in [0.3, 0.4) is 0 Å². The molecule has 1 heterocycles. The van der Waals surface area contributed by atoms with Crippen LogP contribution in [0.15, 0.2) is 17.5 Å². The number of nitrogens with zero attached hydrogens (tertiary/aromatic N) is 2. The van der Waals surface area contributed by atoms with E-state index in [0.29, 0.717) is 19.5 Å². The minimum Gasteiger partial charge on any atom is -0.303 e. The van der Waals surface area contributed by atoms with Crippen molar-refractivity contribution in [2.45, 2.75) is 33.7 Å². The van der Waals surface area contributed by atoms with Crippen molar-refractivity contribution in [2.24, 2.45) is 0 Å². The molecular weight excluding hydrogens is 292 g/mol. The lowest BCUT2D eigenvalue weighted by atomic mass is 10.4. The molecule has 0 unspecified atom stereocenters. The number of rotatable bonds is 10. The maximum atomic E-state index is 12.4. The quantitative estimate of drug-likeness (QED) is 0.666. The zero-order chi connectivity index (χ0) is 15.0. The molecule has 0 radical (unpaired) electrons. The van der Waals surface area contributed by atoms with Gasteiger partial charge in [-0.05, 0) is 31.0 Å². The summed E-state index contributed by atoms with van der Waals surface area (Å²) in [6.45, 7) is 9.89. The van der Waals surface area contributed by atoms with Gasteiger partial charge in [0.05, 0.1) is 5.75 Å². The molecule has 1 aromatic heterocycles. The van der Waals surface area contributed by atoms with Crippen molar-refractivity contribution in [3.63, 3.8) is 0 Å². The van der Waals surface area contributed by atoms with Gasteiger partial charge in [-0.3, -0.25) is 0 Å². The number of hydrogen-bond donors (Lipinski definition) is 0. The molecule has 0 bridgehead atoms. The molecule has 0 N–H and O–H groups in total. The number of sulfonamides is 1. The minimum atomic E-state index is -3.15. The predicted molar refractivity (Wildman–Crippen MR) is 86.6 cm³/mol. The van der Waals surface area contributed by atoms with E-state index in [2.05, 4.69) is 18.7 Å². The van der Waals surface area contributed by atoms with Gasteiger partial charge in [-0.1, -0.05) is 26.8 Å². The van der Waals surface area contributed by atoms with Gasteiger partial charge in [0.1, 0.15) is 0 Å². The fraction of sp³-hybridized carbons (Fsp3) is 0.714. The summed E-state index contributed by atoms with van der Waals surface area (Å²) in [5.74, 6) is 0.233.